The van der Waals surface area contributed by atoms with Gasteiger partial charge in [-0.1, -0.05) is 20.3 Å². The Labute approximate surface area is 107 Å². The lowest BCUT2D eigenvalue weighted by atomic mass is 9.99. The van der Waals surface area contributed by atoms with Crippen LogP contribution in [0.5, 0.6) is 0 Å². The monoisotopic (exact) mass is 258 g/mol. The number of likely N-dealkylation sites (tertiary alicyclic amines) is 1. The third-order valence-electron chi connectivity index (χ3n) is 3.61. The highest BCUT2D eigenvalue weighted by Gasteiger charge is 2.32. The van der Waals surface area contributed by atoms with E-state index in [9.17, 15) is 9.59 Å². The van der Waals surface area contributed by atoms with Gasteiger partial charge in [0.1, 0.15) is 6.04 Å². The average molecular weight is 258 g/mol. The van der Waals surface area contributed by atoms with Crippen LogP contribution in [0.15, 0.2) is 0 Å². The van der Waals surface area contributed by atoms with Crippen molar-refractivity contribution in [3.05, 3.63) is 0 Å². The van der Waals surface area contributed by atoms with E-state index in [2.05, 4.69) is 5.32 Å². The first kappa shape index (κ1) is 14.8. The van der Waals surface area contributed by atoms with Gasteiger partial charge < -0.3 is 20.4 Å². The summed E-state index contributed by atoms with van der Waals surface area (Å²) in [6.45, 7) is 4.18. The molecular weight excluding hydrogens is 236 g/mol. The number of amides is 2. The predicted molar refractivity (Wildman–Crippen MR) is 66.2 cm³/mol. The summed E-state index contributed by atoms with van der Waals surface area (Å²) in [7, 11) is 0. The quantitative estimate of drug-likeness (QED) is 0.675. The van der Waals surface area contributed by atoms with E-state index in [0.29, 0.717) is 13.0 Å². The number of aliphatic hydroxyl groups is 1. The van der Waals surface area contributed by atoms with E-state index in [1.54, 1.807) is 6.92 Å². The Bertz CT molecular complexity index is 308. The standard InChI is InChI=1S/C12H22N2O4/c1-3-8(2)10(11(16)17)13-12(18)14-6-4-5-9(14)7-15/h8-10,15H,3-7H2,1-2H3,(H,13,18)(H,16,17). The minimum atomic E-state index is -1.02. The van der Waals surface area contributed by atoms with Crippen molar-refractivity contribution >= 4 is 12.0 Å². The van der Waals surface area contributed by atoms with E-state index in [-0.39, 0.29) is 24.6 Å². The molecule has 0 radical (unpaired) electrons. The molecule has 104 valence electrons. The van der Waals surface area contributed by atoms with Crippen molar-refractivity contribution in [3.8, 4) is 0 Å². The molecule has 6 nitrogen and oxygen atoms in total. The fourth-order valence-corrected chi connectivity index (χ4v) is 2.19. The molecule has 3 N–H and O–H groups in total. The number of rotatable bonds is 5. The maximum absolute atomic E-state index is 12.0. The van der Waals surface area contributed by atoms with Crippen LogP contribution in [-0.4, -0.2) is 52.3 Å². The van der Waals surface area contributed by atoms with Gasteiger partial charge in [-0.05, 0) is 18.8 Å². The third kappa shape index (κ3) is 3.35. The largest absolute Gasteiger partial charge is 0.480 e. The van der Waals surface area contributed by atoms with E-state index >= 15 is 0 Å². The lowest BCUT2D eigenvalue weighted by molar-refractivity contribution is -0.140. The Morgan fingerprint density at radius 2 is 2.17 bits per heavy atom. The zero-order valence-corrected chi connectivity index (χ0v) is 10.9. The second-order valence-corrected chi connectivity index (χ2v) is 4.82. The van der Waals surface area contributed by atoms with Crippen LogP contribution in [0.1, 0.15) is 33.1 Å². The first-order chi connectivity index (χ1) is 8.51. The van der Waals surface area contributed by atoms with Crippen LogP contribution in [0.25, 0.3) is 0 Å². The Balaban J connectivity index is 2.63. The topological polar surface area (TPSA) is 89.9 Å². The van der Waals surface area contributed by atoms with Crippen molar-refractivity contribution in [1.29, 1.82) is 0 Å². The van der Waals surface area contributed by atoms with E-state index in [4.69, 9.17) is 10.2 Å². The second-order valence-electron chi connectivity index (χ2n) is 4.82. The van der Waals surface area contributed by atoms with Crippen molar-refractivity contribution in [2.24, 2.45) is 5.92 Å². The molecule has 1 saturated heterocycles. The molecule has 1 heterocycles. The number of carbonyl (C=O) groups excluding carboxylic acids is 1. The number of nitrogens with one attached hydrogen (secondary N) is 1. The number of carbonyl (C=O) groups is 2. The molecule has 1 rings (SSSR count). The van der Waals surface area contributed by atoms with E-state index in [1.165, 1.54) is 4.90 Å². The highest BCUT2D eigenvalue weighted by molar-refractivity contribution is 5.83. The minimum Gasteiger partial charge on any atom is -0.480 e. The smallest absolute Gasteiger partial charge is 0.326 e. The van der Waals surface area contributed by atoms with Gasteiger partial charge in [-0.15, -0.1) is 0 Å². The van der Waals surface area contributed by atoms with Crippen molar-refractivity contribution in [2.75, 3.05) is 13.2 Å². The molecule has 0 saturated carbocycles. The normalized spacial score (nSPS) is 22.6. The predicted octanol–water partition coefficient (Wildman–Crippen LogP) is 0.652. The first-order valence-corrected chi connectivity index (χ1v) is 6.42. The van der Waals surface area contributed by atoms with Gasteiger partial charge in [-0.3, -0.25) is 0 Å². The number of nitrogens with zero attached hydrogens (tertiary/aromatic N) is 1. The summed E-state index contributed by atoms with van der Waals surface area (Å²) in [5, 5.41) is 20.8. The van der Waals surface area contributed by atoms with E-state index < -0.39 is 12.0 Å². The number of carboxylic acids is 1. The summed E-state index contributed by atoms with van der Waals surface area (Å²) in [4.78, 5) is 24.6. The van der Waals surface area contributed by atoms with Crippen molar-refractivity contribution in [2.45, 2.75) is 45.2 Å². The molecule has 3 atom stereocenters. The zero-order chi connectivity index (χ0) is 13.7. The molecule has 6 heteroatoms. The Kier molecular flexibility index (Phi) is 5.40. The summed E-state index contributed by atoms with van der Waals surface area (Å²) in [6.07, 6.45) is 2.30. The first-order valence-electron chi connectivity index (χ1n) is 6.42. The molecule has 0 aromatic carbocycles. The third-order valence-corrected chi connectivity index (χ3v) is 3.61. The van der Waals surface area contributed by atoms with Gasteiger partial charge in [0.15, 0.2) is 0 Å². The second kappa shape index (κ2) is 6.58. The number of hydrogen-bond donors (Lipinski definition) is 3. The molecule has 0 aliphatic carbocycles. The van der Waals surface area contributed by atoms with Gasteiger partial charge in [-0.2, -0.15) is 0 Å². The Hall–Kier alpha value is -1.30. The highest BCUT2D eigenvalue weighted by Crippen LogP contribution is 2.17. The van der Waals surface area contributed by atoms with Crippen molar-refractivity contribution in [1.82, 2.24) is 10.2 Å². The summed E-state index contributed by atoms with van der Waals surface area (Å²) < 4.78 is 0. The molecule has 2 amide bonds. The SMILES string of the molecule is CCC(C)C(NC(=O)N1CCCC1CO)C(=O)O. The van der Waals surface area contributed by atoms with Gasteiger partial charge in [0.05, 0.1) is 12.6 Å². The number of hydrogen-bond acceptors (Lipinski definition) is 3. The van der Waals surface area contributed by atoms with Crippen LogP contribution >= 0.6 is 0 Å². The summed E-state index contributed by atoms with van der Waals surface area (Å²) in [6, 6.07) is -1.45. The molecular formula is C12H22N2O4. The van der Waals surface area contributed by atoms with E-state index in [1.807, 2.05) is 6.92 Å². The molecule has 3 unspecified atom stereocenters. The van der Waals surface area contributed by atoms with Gasteiger partial charge in [0.2, 0.25) is 0 Å². The maximum Gasteiger partial charge on any atom is 0.326 e. The highest BCUT2D eigenvalue weighted by atomic mass is 16.4. The maximum atomic E-state index is 12.0. The Morgan fingerprint density at radius 1 is 1.50 bits per heavy atom. The van der Waals surface area contributed by atoms with Crippen LogP contribution in [0, 0.1) is 5.92 Å². The van der Waals surface area contributed by atoms with Crippen LogP contribution in [0.4, 0.5) is 4.79 Å². The summed E-state index contributed by atoms with van der Waals surface area (Å²) in [5.41, 5.74) is 0. The van der Waals surface area contributed by atoms with Crippen LogP contribution < -0.4 is 5.32 Å². The van der Waals surface area contributed by atoms with Gasteiger partial charge in [0, 0.05) is 6.54 Å². The van der Waals surface area contributed by atoms with Crippen LogP contribution in [-0.2, 0) is 4.79 Å². The molecule has 18 heavy (non-hydrogen) atoms. The number of aliphatic hydroxyl groups excluding tert-OH is 1. The van der Waals surface area contributed by atoms with Crippen LogP contribution in [0.2, 0.25) is 0 Å². The lowest BCUT2D eigenvalue weighted by Crippen LogP contribution is -2.52. The molecule has 0 aromatic heterocycles. The average Bonchev–Trinajstić information content (AvgIpc) is 2.82. The van der Waals surface area contributed by atoms with Crippen molar-refractivity contribution in [3.63, 3.8) is 0 Å². The Morgan fingerprint density at radius 3 is 2.67 bits per heavy atom. The molecule has 1 fully saturated rings. The van der Waals surface area contributed by atoms with Gasteiger partial charge in [0.25, 0.3) is 0 Å². The zero-order valence-electron chi connectivity index (χ0n) is 10.9. The fraction of sp³-hybridized carbons (Fsp3) is 0.833. The molecule has 1 aliphatic rings. The summed E-state index contributed by atoms with van der Waals surface area (Å²) >= 11 is 0. The van der Waals surface area contributed by atoms with E-state index in [0.717, 1.165) is 12.8 Å². The number of aliphatic carboxylic acids is 1. The number of carboxylic acid groups (broad SMARTS) is 1. The fourth-order valence-electron chi connectivity index (χ4n) is 2.19. The molecule has 0 aromatic rings. The lowest BCUT2D eigenvalue weighted by Gasteiger charge is -2.27. The molecule has 0 bridgehead atoms. The molecule has 0 spiro atoms. The number of urea groups is 1. The molecule has 1 aliphatic heterocycles. The van der Waals surface area contributed by atoms with Gasteiger partial charge >= 0.3 is 12.0 Å². The minimum absolute atomic E-state index is 0.0749. The van der Waals surface area contributed by atoms with Crippen LogP contribution in [0.3, 0.4) is 0 Å². The van der Waals surface area contributed by atoms with Gasteiger partial charge in [-0.25, -0.2) is 9.59 Å². The summed E-state index contributed by atoms with van der Waals surface area (Å²) in [5.74, 6) is -1.14. The van der Waals surface area contributed by atoms with Crippen molar-refractivity contribution < 1.29 is 19.8 Å².